The molecule has 0 saturated heterocycles. The molecule has 0 unspecified atom stereocenters. The fraction of sp³-hybridized carbons (Fsp3) is 0.333. The fourth-order valence-corrected chi connectivity index (χ4v) is 1.27. The fourth-order valence-electron chi connectivity index (χ4n) is 0.940. The maximum atomic E-state index is 12.0. The van der Waals surface area contributed by atoms with E-state index in [-0.39, 0.29) is 29.2 Å². The summed E-state index contributed by atoms with van der Waals surface area (Å²) in [7, 11) is 0. The first-order chi connectivity index (χ1) is 7.42. The number of alkyl halides is 3. The van der Waals surface area contributed by atoms with Crippen LogP contribution in [-0.2, 0) is 0 Å². The Bertz CT molecular complexity index is 354. The summed E-state index contributed by atoms with van der Waals surface area (Å²) in [6.07, 6.45) is -4.75. The summed E-state index contributed by atoms with van der Waals surface area (Å²) < 4.78 is 44.8. The van der Waals surface area contributed by atoms with E-state index in [2.05, 4.69) is 20.7 Å². The molecule has 0 bridgehead atoms. The molecule has 0 aliphatic carbocycles. The first kappa shape index (κ1) is 13.1. The molecule has 0 spiro atoms. The number of hydrogen-bond donors (Lipinski definition) is 1. The average Bonchev–Trinajstić information content (AvgIpc) is 2.17. The zero-order valence-electron chi connectivity index (χ0n) is 7.92. The van der Waals surface area contributed by atoms with Crippen LogP contribution < -0.4 is 9.47 Å². The molecule has 0 aliphatic rings. The van der Waals surface area contributed by atoms with E-state index in [0.717, 1.165) is 6.07 Å². The summed E-state index contributed by atoms with van der Waals surface area (Å²) in [5.74, 6) is -0.195. The molecule has 0 radical (unpaired) electrons. The van der Waals surface area contributed by atoms with Crippen LogP contribution in [0.15, 0.2) is 22.7 Å². The Labute approximate surface area is 97.9 Å². The topological polar surface area (TPSA) is 38.7 Å². The number of benzene rings is 1. The van der Waals surface area contributed by atoms with Crippen molar-refractivity contribution < 1.29 is 27.8 Å². The number of ether oxygens (including phenoxy) is 2. The molecule has 0 aromatic heterocycles. The highest BCUT2D eigenvalue weighted by molar-refractivity contribution is 9.10. The Hall–Kier alpha value is -0.950. The largest absolute Gasteiger partial charge is 0.573 e. The molecule has 90 valence electrons. The van der Waals surface area contributed by atoms with Crippen molar-refractivity contribution in [3.05, 3.63) is 22.7 Å². The highest BCUT2D eigenvalue weighted by Gasteiger charge is 2.32. The van der Waals surface area contributed by atoms with E-state index in [9.17, 15) is 13.2 Å². The number of halogens is 4. The normalized spacial score (nSPS) is 11.3. The Morgan fingerprint density at radius 3 is 2.56 bits per heavy atom. The molecule has 0 fully saturated rings. The highest BCUT2D eigenvalue weighted by atomic mass is 79.9. The van der Waals surface area contributed by atoms with Crippen LogP contribution in [0.25, 0.3) is 0 Å². The predicted octanol–water partition coefficient (Wildman–Crippen LogP) is 2.72. The van der Waals surface area contributed by atoms with Crippen molar-refractivity contribution in [1.82, 2.24) is 0 Å². The van der Waals surface area contributed by atoms with E-state index in [1.165, 1.54) is 12.1 Å². The van der Waals surface area contributed by atoms with Crippen molar-refractivity contribution >= 4 is 15.9 Å². The van der Waals surface area contributed by atoms with Gasteiger partial charge in [-0.1, -0.05) is 0 Å². The van der Waals surface area contributed by atoms with Crippen molar-refractivity contribution in [2.75, 3.05) is 13.2 Å². The summed E-state index contributed by atoms with van der Waals surface area (Å²) in [4.78, 5) is 0. The van der Waals surface area contributed by atoms with Crippen LogP contribution in [0.2, 0.25) is 0 Å². The third-order valence-corrected chi connectivity index (χ3v) is 2.14. The zero-order chi connectivity index (χ0) is 12.2. The molecule has 16 heavy (non-hydrogen) atoms. The van der Waals surface area contributed by atoms with Crippen molar-refractivity contribution in [2.24, 2.45) is 0 Å². The third-order valence-electron chi connectivity index (χ3n) is 1.49. The van der Waals surface area contributed by atoms with Crippen molar-refractivity contribution in [3.8, 4) is 11.5 Å². The zero-order valence-corrected chi connectivity index (χ0v) is 9.51. The van der Waals surface area contributed by atoms with Gasteiger partial charge in [0.25, 0.3) is 0 Å². The minimum Gasteiger partial charge on any atom is -0.491 e. The lowest BCUT2D eigenvalue weighted by Gasteiger charge is -2.12. The Morgan fingerprint density at radius 2 is 2.00 bits per heavy atom. The number of hydrogen-bond acceptors (Lipinski definition) is 3. The molecule has 0 heterocycles. The predicted molar refractivity (Wildman–Crippen MR) is 53.4 cm³/mol. The quantitative estimate of drug-likeness (QED) is 0.929. The van der Waals surface area contributed by atoms with Gasteiger partial charge in [-0.15, -0.1) is 13.2 Å². The van der Waals surface area contributed by atoms with Crippen molar-refractivity contribution in [2.45, 2.75) is 6.36 Å². The van der Waals surface area contributed by atoms with Crippen LogP contribution in [0, 0.1) is 0 Å². The minimum absolute atomic E-state index is 0.00703. The number of aliphatic hydroxyl groups is 1. The molecule has 1 rings (SSSR count). The Morgan fingerprint density at radius 1 is 1.31 bits per heavy atom. The first-order valence-corrected chi connectivity index (χ1v) is 5.00. The highest BCUT2D eigenvalue weighted by Crippen LogP contribution is 2.33. The molecule has 0 atom stereocenters. The van der Waals surface area contributed by atoms with Crippen LogP contribution in [-0.4, -0.2) is 24.7 Å². The smallest absolute Gasteiger partial charge is 0.491 e. The molecule has 1 aromatic carbocycles. The summed E-state index contributed by atoms with van der Waals surface area (Å²) in [6, 6.07) is 3.92. The summed E-state index contributed by atoms with van der Waals surface area (Å²) in [5, 5.41) is 8.49. The van der Waals surface area contributed by atoms with E-state index in [0.29, 0.717) is 0 Å². The second kappa shape index (κ2) is 5.40. The summed E-state index contributed by atoms with van der Waals surface area (Å²) >= 11 is 2.92. The molecule has 1 N–H and O–H groups in total. The van der Waals surface area contributed by atoms with Gasteiger partial charge in [0.05, 0.1) is 11.1 Å². The molecule has 0 saturated carbocycles. The van der Waals surface area contributed by atoms with Crippen LogP contribution in [0.3, 0.4) is 0 Å². The van der Waals surface area contributed by atoms with Crippen LogP contribution in [0.1, 0.15) is 0 Å². The van der Waals surface area contributed by atoms with Crippen molar-refractivity contribution in [1.29, 1.82) is 0 Å². The SMILES string of the molecule is OCCOc1ccc(Br)c(OC(F)(F)F)c1. The standard InChI is InChI=1S/C9H8BrF3O3/c10-7-2-1-6(15-4-3-14)5-8(7)16-9(11,12)13/h1-2,5,14H,3-4H2. The number of aliphatic hydroxyl groups excluding tert-OH is 1. The molecule has 7 heteroatoms. The van der Waals surface area contributed by atoms with Gasteiger partial charge in [0.2, 0.25) is 0 Å². The van der Waals surface area contributed by atoms with Gasteiger partial charge in [0.15, 0.2) is 0 Å². The van der Waals surface area contributed by atoms with Crippen LogP contribution >= 0.6 is 15.9 Å². The van der Waals surface area contributed by atoms with E-state index in [4.69, 9.17) is 9.84 Å². The van der Waals surface area contributed by atoms with Gasteiger partial charge >= 0.3 is 6.36 Å². The number of rotatable bonds is 4. The first-order valence-electron chi connectivity index (χ1n) is 4.21. The molecular weight excluding hydrogens is 293 g/mol. The van der Waals surface area contributed by atoms with E-state index in [1.54, 1.807) is 0 Å². The Kier molecular flexibility index (Phi) is 4.43. The van der Waals surface area contributed by atoms with Gasteiger partial charge in [-0.25, -0.2) is 0 Å². The van der Waals surface area contributed by atoms with Gasteiger partial charge in [-0.3, -0.25) is 0 Å². The molecule has 3 nitrogen and oxygen atoms in total. The van der Waals surface area contributed by atoms with Gasteiger partial charge in [0, 0.05) is 6.07 Å². The summed E-state index contributed by atoms with van der Waals surface area (Å²) in [5.41, 5.74) is 0. The second-order valence-electron chi connectivity index (χ2n) is 2.71. The molecule has 0 aliphatic heterocycles. The van der Waals surface area contributed by atoms with Gasteiger partial charge in [0.1, 0.15) is 18.1 Å². The van der Waals surface area contributed by atoms with Crippen LogP contribution in [0.4, 0.5) is 13.2 Å². The average molecular weight is 301 g/mol. The molecular formula is C9H8BrF3O3. The minimum atomic E-state index is -4.75. The molecule has 0 amide bonds. The second-order valence-corrected chi connectivity index (χ2v) is 3.57. The maximum Gasteiger partial charge on any atom is 0.573 e. The lowest BCUT2D eigenvalue weighted by atomic mass is 10.3. The lowest BCUT2D eigenvalue weighted by molar-refractivity contribution is -0.274. The molecule has 1 aromatic rings. The van der Waals surface area contributed by atoms with E-state index < -0.39 is 6.36 Å². The maximum absolute atomic E-state index is 12.0. The summed E-state index contributed by atoms with van der Waals surface area (Å²) in [6.45, 7) is -0.210. The van der Waals surface area contributed by atoms with E-state index in [1.807, 2.05) is 0 Å². The van der Waals surface area contributed by atoms with Crippen LogP contribution in [0.5, 0.6) is 11.5 Å². The van der Waals surface area contributed by atoms with Gasteiger partial charge in [-0.05, 0) is 28.1 Å². The van der Waals surface area contributed by atoms with E-state index >= 15 is 0 Å². The monoisotopic (exact) mass is 300 g/mol. The van der Waals surface area contributed by atoms with Gasteiger partial charge in [-0.2, -0.15) is 0 Å². The lowest BCUT2D eigenvalue weighted by Crippen LogP contribution is -2.17. The van der Waals surface area contributed by atoms with Crippen molar-refractivity contribution in [3.63, 3.8) is 0 Å². The van der Waals surface area contributed by atoms with Gasteiger partial charge < -0.3 is 14.6 Å². The third kappa shape index (κ3) is 4.28. The Balaban J connectivity index is 2.82.